The monoisotopic (exact) mass is 247 g/mol. The summed E-state index contributed by atoms with van der Waals surface area (Å²) < 4.78 is 0. The lowest BCUT2D eigenvalue weighted by atomic mass is 9.88. The van der Waals surface area contributed by atoms with Crippen molar-refractivity contribution in [2.24, 2.45) is 5.41 Å². The van der Waals surface area contributed by atoms with Crippen molar-refractivity contribution < 1.29 is 9.90 Å². The molecule has 0 radical (unpaired) electrons. The SMILES string of the molecule is Cc1ccccc1C(C)(NC1CC1(C)C)C(=O)O. The standard InChI is InChI=1S/C15H21NO2/c1-10-7-5-6-8-11(10)15(4,13(17)18)16-12-9-14(12,2)3/h5-8,12,16H,9H2,1-4H3,(H,17,18). The smallest absolute Gasteiger partial charge is 0.328 e. The van der Waals surface area contributed by atoms with Crippen LogP contribution in [-0.4, -0.2) is 17.1 Å². The van der Waals surface area contributed by atoms with Gasteiger partial charge in [0.2, 0.25) is 0 Å². The molecule has 1 aromatic carbocycles. The van der Waals surface area contributed by atoms with E-state index in [0.29, 0.717) is 0 Å². The first-order chi connectivity index (χ1) is 8.27. The van der Waals surface area contributed by atoms with Crippen LogP contribution in [0.2, 0.25) is 0 Å². The normalized spacial score (nSPS) is 24.3. The predicted octanol–water partition coefficient (Wildman–Crippen LogP) is 2.68. The van der Waals surface area contributed by atoms with Crippen molar-refractivity contribution >= 4 is 5.97 Å². The third kappa shape index (κ3) is 2.15. The van der Waals surface area contributed by atoms with Gasteiger partial charge in [0, 0.05) is 6.04 Å². The number of carbonyl (C=O) groups is 1. The lowest BCUT2D eigenvalue weighted by molar-refractivity contribution is -0.144. The number of aliphatic carboxylic acids is 1. The van der Waals surface area contributed by atoms with Gasteiger partial charge in [0.25, 0.3) is 0 Å². The molecule has 1 aliphatic carbocycles. The first-order valence-electron chi connectivity index (χ1n) is 6.34. The molecule has 0 amide bonds. The molecule has 3 nitrogen and oxygen atoms in total. The highest BCUT2D eigenvalue weighted by atomic mass is 16.4. The quantitative estimate of drug-likeness (QED) is 0.860. The highest BCUT2D eigenvalue weighted by molar-refractivity contribution is 5.81. The molecule has 2 N–H and O–H groups in total. The Kier molecular flexibility index (Phi) is 2.98. The maximum atomic E-state index is 11.7. The number of carboxylic acids is 1. The highest BCUT2D eigenvalue weighted by Gasteiger charge is 2.51. The molecular formula is C15H21NO2. The molecule has 1 saturated carbocycles. The van der Waals surface area contributed by atoms with Crippen LogP contribution in [0.5, 0.6) is 0 Å². The van der Waals surface area contributed by atoms with Gasteiger partial charge in [0.05, 0.1) is 0 Å². The number of aryl methyl sites for hydroxylation is 1. The Bertz CT molecular complexity index is 481. The van der Waals surface area contributed by atoms with E-state index in [0.717, 1.165) is 17.5 Å². The van der Waals surface area contributed by atoms with Crippen LogP contribution in [0.4, 0.5) is 0 Å². The summed E-state index contributed by atoms with van der Waals surface area (Å²) in [6.45, 7) is 8.03. The molecule has 0 saturated heterocycles. The van der Waals surface area contributed by atoms with Crippen molar-refractivity contribution in [2.75, 3.05) is 0 Å². The summed E-state index contributed by atoms with van der Waals surface area (Å²) in [5.74, 6) is -0.820. The Morgan fingerprint density at radius 3 is 2.44 bits per heavy atom. The number of rotatable bonds is 4. The van der Waals surface area contributed by atoms with E-state index in [1.165, 1.54) is 0 Å². The van der Waals surface area contributed by atoms with E-state index in [1.807, 2.05) is 31.2 Å². The summed E-state index contributed by atoms with van der Waals surface area (Å²) >= 11 is 0. The van der Waals surface area contributed by atoms with Gasteiger partial charge in [-0.05, 0) is 36.8 Å². The summed E-state index contributed by atoms with van der Waals surface area (Å²) in [6, 6.07) is 7.95. The Hall–Kier alpha value is -1.35. The molecule has 0 spiro atoms. The second-order valence-electron chi connectivity index (χ2n) is 6.13. The van der Waals surface area contributed by atoms with Crippen molar-refractivity contribution in [2.45, 2.75) is 45.7 Å². The van der Waals surface area contributed by atoms with Crippen LogP contribution < -0.4 is 5.32 Å². The highest BCUT2D eigenvalue weighted by Crippen LogP contribution is 2.46. The minimum atomic E-state index is -1.01. The van der Waals surface area contributed by atoms with Gasteiger partial charge in [-0.1, -0.05) is 38.1 Å². The minimum Gasteiger partial charge on any atom is -0.480 e. The Balaban J connectivity index is 2.33. The van der Waals surface area contributed by atoms with Gasteiger partial charge in [-0.25, -0.2) is 4.79 Å². The zero-order valence-corrected chi connectivity index (χ0v) is 11.4. The van der Waals surface area contributed by atoms with Gasteiger partial charge in [0.15, 0.2) is 0 Å². The van der Waals surface area contributed by atoms with Crippen LogP contribution >= 0.6 is 0 Å². The number of carboxylic acid groups (broad SMARTS) is 1. The predicted molar refractivity (Wildman–Crippen MR) is 71.5 cm³/mol. The summed E-state index contributed by atoms with van der Waals surface area (Å²) in [7, 11) is 0. The maximum absolute atomic E-state index is 11.7. The Labute approximate surface area is 108 Å². The summed E-state index contributed by atoms with van der Waals surface area (Å²) in [6.07, 6.45) is 1.03. The first-order valence-corrected chi connectivity index (χ1v) is 6.34. The lowest BCUT2D eigenvalue weighted by Gasteiger charge is -2.29. The van der Waals surface area contributed by atoms with Crippen LogP contribution in [0.1, 0.15) is 38.3 Å². The summed E-state index contributed by atoms with van der Waals surface area (Å²) in [4.78, 5) is 11.7. The number of benzene rings is 1. The van der Waals surface area contributed by atoms with Crippen molar-refractivity contribution in [3.8, 4) is 0 Å². The molecule has 0 aromatic heterocycles. The summed E-state index contributed by atoms with van der Waals surface area (Å²) in [5.41, 5.74) is 1.05. The second-order valence-corrected chi connectivity index (χ2v) is 6.13. The molecule has 18 heavy (non-hydrogen) atoms. The maximum Gasteiger partial charge on any atom is 0.328 e. The third-order valence-electron chi connectivity index (χ3n) is 4.09. The van der Waals surface area contributed by atoms with E-state index in [4.69, 9.17) is 0 Å². The average molecular weight is 247 g/mol. The Morgan fingerprint density at radius 2 is 2.00 bits per heavy atom. The fourth-order valence-corrected chi connectivity index (χ4v) is 2.45. The molecule has 0 heterocycles. The minimum absolute atomic E-state index is 0.208. The molecule has 2 atom stereocenters. The number of nitrogens with one attached hydrogen (secondary N) is 1. The van der Waals surface area contributed by atoms with E-state index in [1.54, 1.807) is 6.92 Å². The molecule has 3 heteroatoms. The van der Waals surface area contributed by atoms with E-state index >= 15 is 0 Å². The molecule has 98 valence electrons. The van der Waals surface area contributed by atoms with Gasteiger partial charge >= 0.3 is 5.97 Å². The van der Waals surface area contributed by atoms with E-state index < -0.39 is 11.5 Å². The van der Waals surface area contributed by atoms with Gasteiger partial charge in [0.1, 0.15) is 5.54 Å². The van der Waals surface area contributed by atoms with Crippen molar-refractivity contribution in [1.29, 1.82) is 0 Å². The van der Waals surface area contributed by atoms with E-state index in [-0.39, 0.29) is 11.5 Å². The van der Waals surface area contributed by atoms with Crippen LogP contribution in [0.15, 0.2) is 24.3 Å². The van der Waals surface area contributed by atoms with Gasteiger partial charge in [-0.15, -0.1) is 0 Å². The molecule has 0 aliphatic heterocycles. The summed E-state index contributed by atoms with van der Waals surface area (Å²) in [5, 5.41) is 12.9. The largest absolute Gasteiger partial charge is 0.480 e. The van der Waals surface area contributed by atoms with Gasteiger partial charge < -0.3 is 5.11 Å². The third-order valence-corrected chi connectivity index (χ3v) is 4.09. The van der Waals surface area contributed by atoms with Gasteiger partial charge in [-0.3, -0.25) is 5.32 Å². The zero-order chi connectivity index (χ0) is 13.6. The van der Waals surface area contributed by atoms with Crippen LogP contribution in [0.25, 0.3) is 0 Å². The molecule has 2 rings (SSSR count). The van der Waals surface area contributed by atoms with Crippen LogP contribution in [0.3, 0.4) is 0 Å². The number of hydrogen-bond acceptors (Lipinski definition) is 2. The van der Waals surface area contributed by atoms with Crippen molar-refractivity contribution in [3.05, 3.63) is 35.4 Å². The molecular weight excluding hydrogens is 226 g/mol. The first kappa shape index (κ1) is 13.1. The molecule has 1 aliphatic rings. The molecule has 1 aromatic rings. The lowest BCUT2D eigenvalue weighted by Crippen LogP contribution is -2.49. The Morgan fingerprint density at radius 1 is 1.44 bits per heavy atom. The van der Waals surface area contributed by atoms with Crippen molar-refractivity contribution in [3.63, 3.8) is 0 Å². The second kappa shape index (κ2) is 4.09. The molecule has 2 unspecified atom stereocenters. The van der Waals surface area contributed by atoms with Crippen LogP contribution in [0, 0.1) is 12.3 Å². The van der Waals surface area contributed by atoms with E-state index in [2.05, 4.69) is 19.2 Å². The van der Waals surface area contributed by atoms with E-state index in [9.17, 15) is 9.90 Å². The average Bonchev–Trinajstić information content (AvgIpc) is 2.85. The van der Waals surface area contributed by atoms with Gasteiger partial charge in [-0.2, -0.15) is 0 Å². The number of hydrogen-bond donors (Lipinski definition) is 2. The zero-order valence-electron chi connectivity index (χ0n) is 11.4. The van der Waals surface area contributed by atoms with Crippen LogP contribution in [-0.2, 0) is 10.3 Å². The fourth-order valence-electron chi connectivity index (χ4n) is 2.45. The van der Waals surface area contributed by atoms with Crippen molar-refractivity contribution in [1.82, 2.24) is 5.32 Å². The molecule has 1 fully saturated rings. The molecule has 0 bridgehead atoms. The topological polar surface area (TPSA) is 49.3 Å². The fraction of sp³-hybridized carbons (Fsp3) is 0.533.